The fraction of sp³-hybridized carbons (Fsp3) is 0.200. The number of hydrogen-bond donors (Lipinski definition) is 1. The van der Waals surface area contributed by atoms with Crippen LogP contribution in [0.5, 0.6) is 11.5 Å². The molecule has 2 amide bonds. The largest absolute Gasteiger partial charge is 0.484 e. The Hall–Kier alpha value is -3.87. The summed E-state index contributed by atoms with van der Waals surface area (Å²) in [7, 11) is 0. The van der Waals surface area contributed by atoms with Gasteiger partial charge in [0.05, 0.1) is 0 Å². The van der Waals surface area contributed by atoms with Crippen molar-refractivity contribution >= 4 is 17.5 Å². The van der Waals surface area contributed by atoms with E-state index in [1.807, 2.05) is 18.2 Å². The summed E-state index contributed by atoms with van der Waals surface area (Å²) in [5.41, 5.74) is 2.17. The number of halogens is 1. The zero-order valence-corrected chi connectivity index (χ0v) is 17.6. The van der Waals surface area contributed by atoms with Gasteiger partial charge in [-0.3, -0.25) is 9.59 Å². The topological polar surface area (TPSA) is 67.9 Å². The van der Waals surface area contributed by atoms with E-state index in [0.29, 0.717) is 30.3 Å². The molecule has 1 heterocycles. The first-order valence-electron chi connectivity index (χ1n) is 10.3. The Morgan fingerprint density at radius 3 is 2.62 bits per heavy atom. The number of rotatable bonds is 6. The fourth-order valence-electron chi connectivity index (χ4n) is 3.48. The highest BCUT2D eigenvalue weighted by atomic mass is 19.1. The molecule has 4 rings (SSSR count). The van der Waals surface area contributed by atoms with E-state index in [9.17, 15) is 14.0 Å². The average Bonchev–Trinajstić information content (AvgIpc) is 2.91. The molecule has 0 spiro atoms. The van der Waals surface area contributed by atoms with Gasteiger partial charge in [0.2, 0.25) is 0 Å². The van der Waals surface area contributed by atoms with Crippen LogP contribution in [-0.4, -0.2) is 29.4 Å². The summed E-state index contributed by atoms with van der Waals surface area (Å²) in [5.74, 6) is 0.422. The molecule has 0 aromatic heterocycles. The molecule has 3 aromatic carbocycles. The Balaban J connectivity index is 1.46. The monoisotopic (exact) mass is 434 g/mol. The molecule has 1 aliphatic rings. The highest BCUT2D eigenvalue weighted by Crippen LogP contribution is 2.29. The van der Waals surface area contributed by atoms with Crippen molar-refractivity contribution in [2.45, 2.75) is 26.1 Å². The lowest BCUT2D eigenvalue weighted by Crippen LogP contribution is -2.37. The minimum absolute atomic E-state index is 0.121. The number of hydrogen-bond acceptors (Lipinski definition) is 4. The van der Waals surface area contributed by atoms with E-state index in [1.165, 1.54) is 12.1 Å². The van der Waals surface area contributed by atoms with Crippen molar-refractivity contribution in [3.05, 3.63) is 89.7 Å². The summed E-state index contributed by atoms with van der Waals surface area (Å²) in [6, 6.07) is 20.4. The van der Waals surface area contributed by atoms with E-state index in [1.54, 1.807) is 54.3 Å². The van der Waals surface area contributed by atoms with E-state index in [4.69, 9.17) is 9.47 Å². The number of fused-ring (bicyclic) bond motifs is 1. The number of carbonyl (C=O) groups is 2. The van der Waals surface area contributed by atoms with Crippen molar-refractivity contribution < 1.29 is 23.5 Å². The van der Waals surface area contributed by atoms with Crippen LogP contribution in [-0.2, 0) is 22.7 Å². The van der Waals surface area contributed by atoms with Crippen LogP contribution in [0.2, 0.25) is 0 Å². The Bertz CT molecular complexity index is 1100. The molecular formula is C25H23FN2O4. The highest BCUT2D eigenvalue weighted by Gasteiger charge is 2.28. The molecule has 1 aliphatic heterocycles. The third-order valence-corrected chi connectivity index (χ3v) is 5.07. The Morgan fingerprint density at radius 2 is 1.88 bits per heavy atom. The molecule has 7 heteroatoms. The Morgan fingerprint density at radius 1 is 1.12 bits per heavy atom. The van der Waals surface area contributed by atoms with Gasteiger partial charge in [-0.2, -0.15) is 0 Å². The SMILES string of the molecule is CC1Oc2ccc(NC(=O)COc3ccccc3)cc2CN(Cc2ccc(F)cc2)C1=O. The summed E-state index contributed by atoms with van der Waals surface area (Å²) >= 11 is 0. The molecule has 3 aromatic rings. The maximum absolute atomic E-state index is 13.2. The number of nitrogens with zero attached hydrogens (tertiary/aromatic N) is 1. The number of anilines is 1. The summed E-state index contributed by atoms with van der Waals surface area (Å²) in [5, 5.41) is 2.81. The van der Waals surface area contributed by atoms with Crippen molar-refractivity contribution in [2.75, 3.05) is 11.9 Å². The lowest BCUT2D eigenvalue weighted by Gasteiger charge is -2.22. The molecule has 0 saturated carbocycles. The molecule has 6 nitrogen and oxygen atoms in total. The van der Waals surface area contributed by atoms with Gasteiger partial charge in [-0.1, -0.05) is 30.3 Å². The molecule has 0 saturated heterocycles. The maximum atomic E-state index is 13.2. The quantitative estimate of drug-likeness (QED) is 0.633. The van der Waals surface area contributed by atoms with Gasteiger partial charge in [0.1, 0.15) is 17.3 Å². The average molecular weight is 434 g/mol. The fourth-order valence-corrected chi connectivity index (χ4v) is 3.48. The second kappa shape index (κ2) is 9.51. The smallest absolute Gasteiger partial charge is 0.263 e. The van der Waals surface area contributed by atoms with Crippen LogP contribution < -0.4 is 14.8 Å². The van der Waals surface area contributed by atoms with Gasteiger partial charge in [0, 0.05) is 24.3 Å². The predicted molar refractivity (Wildman–Crippen MR) is 118 cm³/mol. The zero-order valence-electron chi connectivity index (χ0n) is 17.6. The van der Waals surface area contributed by atoms with Gasteiger partial charge in [0.25, 0.3) is 11.8 Å². The Kier molecular flexibility index (Phi) is 6.35. The van der Waals surface area contributed by atoms with Crippen molar-refractivity contribution in [1.82, 2.24) is 4.90 Å². The summed E-state index contributed by atoms with van der Waals surface area (Å²) in [6.45, 7) is 2.21. The van der Waals surface area contributed by atoms with E-state index in [-0.39, 0.29) is 24.2 Å². The number of amides is 2. The van der Waals surface area contributed by atoms with Gasteiger partial charge >= 0.3 is 0 Å². The summed E-state index contributed by atoms with van der Waals surface area (Å²) in [4.78, 5) is 26.8. The van der Waals surface area contributed by atoms with E-state index in [0.717, 1.165) is 11.1 Å². The number of para-hydroxylation sites is 1. The summed E-state index contributed by atoms with van der Waals surface area (Å²) < 4.78 is 24.5. The molecule has 0 radical (unpaired) electrons. The number of carbonyl (C=O) groups excluding carboxylic acids is 2. The summed E-state index contributed by atoms with van der Waals surface area (Å²) in [6.07, 6.45) is -0.656. The van der Waals surface area contributed by atoms with Crippen LogP contribution >= 0.6 is 0 Å². The number of ether oxygens (including phenoxy) is 2. The van der Waals surface area contributed by atoms with Crippen LogP contribution in [0, 0.1) is 5.82 Å². The van der Waals surface area contributed by atoms with Crippen LogP contribution in [0.3, 0.4) is 0 Å². The molecular weight excluding hydrogens is 411 g/mol. The highest BCUT2D eigenvalue weighted by molar-refractivity contribution is 5.92. The zero-order chi connectivity index (χ0) is 22.5. The lowest BCUT2D eigenvalue weighted by atomic mass is 10.1. The van der Waals surface area contributed by atoms with Crippen LogP contribution in [0.25, 0.3) is 0 Å². The first-order chi connectivity index (χ1) is 15.5. The van der Waals surface area contributed by atoms with Gasteiger partial charge in [-0.25, -0.2) is 4.39 Å². The normalized spacial score (nSPS) is 15.4. The molecule has 0 fully saturated rings. The Labute approximate surface area is 185 Å². The van der Waals surface area contributed by atoms with Crippen molar-refractivity contribution in [1.29, 1.82) is 0 Å². The third kappa shape index (κ3) is 5.24. The standard InChI is InChI=1S/C25H23FN2O4/c1-17-25(30)28(14-18-7-9-20(26)10-8-18)15-19-13-21(11-12-23(19)32-17)27-24(29)16-31-22-5-3-2-4-6-22/h2-13,17H,14-16H2,1H3,(H,27,29). The first kappa shape index (κ1) is 21.4. The second-order valence-corrected chi connectivity index (χ2v) is 7.55. The third-order valence-electron chi connectivity index (χ3n) is 5.07. The molecule has 32 heavy (non-hydrogen) atoms. The van der Waals surface area contributed by atoms with Gasteiger partial charge in [-0.15, -0.1) is 0 Å². The van der Waals surface area contributed by atoms with E-state index in [2.05, 4.69) is 5.32 Å². The number of benzene rings is 3. The van der Waals surface area contributed by atoms with Gasteiger partial charge in [0.15, 0.2) is 12.7 Å². The predicted octanol–water partition coefficient (Wildman–Crippen LogP) is 4.15. The van der Waals surface area contributed by atoms with Crippen molar-refractivity contribution in [2.24, 2.45) is 0 Å². The van der Waals surface area contributed by atoms with Gasteiger partial charge in [-0.05, 0) is 55.0 Å². The molecule has 1 atom stereocenters. The minimum Gasteiger partial charge on any atom is -0.484 e. The number of nitrogens with one attached hydrogen (secondary N) is 1. The van der Waals surface area contributed by atoms with Gasteiger partial charge < -0.3 is 19.7 Å². The molecule has 0 bridgehead atoms. The molecule has 164 valence electrons. The molecule has 1 N–H and O–H groups in total. The van der Waals surface area contributed by atoms with Crippen LogP contribution in [0.4, 0.5) is 10.1 Å². The molecule has 1 unspecified atom stereocenters. The minimum atomic E-state index is -0.656. The maximum Gasteiger partial charge on any atom is 0.263 e. The van der Waals surface area contributed by atoms with E-state index < -0.39 is 6.10 Å². The van der Waals surface area contributed by atoms with E-state index >= 15 is 0 Å². The lowest BCUT2D eigenvalue weighted by molar-refractivity contribution is -0.138. The molecule has 0 aliphatic carbocycles. The van der Waals surface area contributed by atoms with Crippen molar-refractivity contribution in [3.8, 4) is 11.5 Å². The second-order valence-electron chi connectivity index (χ2n) is 7.55. The van der Waals surface area contributed by atoms with Crippen molar-refractivity contribution in [3.63, 3.8) is 0 Å². The first-order valence-corrected chi connectivity index (χ1v) is 10.3. The van der Waals surface area contributed by atoms with Crippen LogP contribution in [0.1, 0.15) is 18.1 Å². The van der Waals surface area contributed by atoms with Crippen LogP contribution in [0.15, 0.2) is 72.8 Å².